The number of benzene rings is 2. The van der Waals surface area contributed by atoms with E-state index in [0.717, 1.165) is 24.1 Å². The van der Waals surface area contributed by atoms with E-state index in [0.29, 0.717) is 36.3 Å². The van der Waals surface area contributed by atoms with E-state index in [1.807, 2.05) is 47.2 Å². The Morgan fingerprint density at radius 2 is 1.94 bits per heavy atom. The molecule has 1 atom stereocenters. The SMILES string of the molecule is CCCC1CN(/C(=N\C#N)Nc2ccccc2C)CCN1C(=O)Nc1ccc(Cl)cc1. The summed E-state index contributed by atoms with van der Waals surface area (Å²) in [6.07, 6.45) is 3.70. The van der Waals surface area contributed by atoms with Gasteiger partial charge in [-0.3, -0.25) is 0 Å². The molecule has 0 aliphatic carbocycles. The monoisotopic (exact) mass is 438 g/mol. The van der Waals surface area contributed by atoms with Gasteiger partial charge in [0, 0.05) is 36.0 Å². The molecule has 1 aliphatic heterocycles. The zero-order valence-corrected chi connectivity index (χ0v) is 18.6. The Labute approximate surface area is 188 Å². The highest BCUT2D eigenvalue weighted by molar-refractivity contribution is 6.30. The molecule has 2 amide bonds. The third-order valence-corrected chi connectivity index (χ3v) is 5.56. The molecule has 3 rings (SSSR count). The van der Waals surface area contributed by atoms with Crippen LogP contribution >= 0.6 is 11.6 Å². The maximum Gasteiger partial charge on any atom is 0.322 e. The van der Waals surface area contributed by atoms with E-state index < -0.39 is 0 Å². The van der Waals surface area contributed by atoms with Crippen LogP contribution in [0.3, 0.4) is 0 Å². The summed E-state index contributed by atoms with van der Waals surface area (Å²) in [4.78, 5) is 20.9. The summed E-state index contributed by atoms with van der Waals surface area (Å²) >= 11 is 5.93. The summed E-state index contributed by atoms with van der Waals surface area (Å²) in [5.74, 6) is 0.510. The van der Waals surface area contributed by atoms with Gasteiger partial charge in [0.1, 0.15) is 0 Å². The number of anilines is 2. The molecule has 2 N–H and O–H groups in total. The number of carbonyl (C=O) groups is 1. The number of para-hydroxylation sites is 1. The maximum atomic E-state index is 12.9. The molecule has 2 aromatic carbocycles. The number of nitriles is 1. The first-order chi connectivity index (χ1) is 15.0. The molecule has 1 unspecified atom stereocenters. The molecule has 0 spiro atoms. The van der Waals surface area contributed by atoms with Gasteiger partial charge in [-0.25, -0.2) is 4.79 Å². The van der Waals surface area contributed by atoms with Gasteiger partial charge in [-0.1, -0.05) is 43.1 Å². The third kappa shape index (κ3) is 5.89. The number of hydrogen-bond acceptors (Lipinski definition) is 3. The first kappa shape index (κ1) is 22.4. The predicted octanol–water partition coefficient (Wildman–Crippen LogP) is 4.92. The van der Waals surface area contributed by atoms with Crippen molar-refractivity contribution in [2.75, 3.05) is 30.3 Å². The molecule has 2 aromatic rings. The second kappa shape index (κ2) is 10.7. The van der Waals surface area contributed by atoms with Gasteiger partial charge in [0.2, 0.25) is 12.2 Å². The second-order valence-electron chi connectivity index (χ2n) is 7.49. The number of halogens is 1. The van der Waals surface area contributed by atoms with Crippen LogP contribution in [0.1, 0.15) is 25.3 Å². The smallest absolute Gasteiger partial charge is 0.322 e. The summed E-state index contributed by atoms with van der Waals surface area (Å²) in [6.45, 7) is 5.81. The van der Waals surface area contributed by atoms with Crippen molar-refractivity contribution < 1.29 is 4.79 Å². The number of nitrogens with one attached hydrogen (secondary N) is 2. The molecule has 7 nitrogen and oxygen atoms in total. The largest absolute Gasteiger partial charge is 0.338 e. The number of aryl methyl sites for hydroxylation is 1. The topological polar surface area (TPSA) is 83.8 Å². The van der Waals surface area contributed by atoms with Crippen LogP contribution in [0.5, 0.6) is 0 Å². The number of urea groups is 1. The van der Waals surface area contributed by atoms with Crippen molar-refractivity contribution in [2.24, 2.45) is 4.99 Å². The lowest BCUT2D eigenvalue weighted by molar-refractivity contribution is 0.130. The van der Waals surface area contributed by atoms with E-state index in [1.54, 1.807) is 24.3 Å². The van der Waals surface area contributed by atoms with Crippen molar-refractivity contribution in [3.8, 4) is 6.19 Å². The van der Waals surface area contributed by atoms with Crippen LogP contribution in [0.4, 0.5) is 16.2 Å². The molecule has 0 aromatic heterocycles. The van der Waals surface area contributed by atoms with Crippen molar-refractivity contribution in [1.29, 1.82) is 5.26 Å². The van der Waals surface area contributed by atoms with Crippen molar-refractivity contribution in [3.63, 3.8) is 0 Å². The van der Waals surface area contributed by atoms with Crippen LogP contribution < -0.4 is 10.6 Å². The summed E-state index contributed by atoms with van der Waals surface area (Å²) in [7, 11) is 0. The number of piperazine rings is 1. The van der Waals surface area contributed by atoms with Crippen LogP contribution in [-0.2, 0) is 0 Å². The number of rotatable bonds is 4. The van der Waals surface area contributed by atoms with E-state index in [-0.39, 0.29) is 12.1 Å². The van der Waals surface area contributed by atoms with Crippen molar-refractivity contribution >= 4 is 35.0 Å². The number of carbonyl (C=O) groups excluding carboxylic acids is 1. The van der Waals surface area contributed by atoms with Crippen LogP contribution in [0.15, 0.2) is 53.5 Å². The first-order valence-electron chi connectivity index (χ1n) is 10.4. The van der Waals surface area contributed by atoms with Crippen LogP contribution in [0, 0.1) is 18.4 Å². The Morgan fingerprint density at radius 1 is 1.19 bits per heavy atom. The quantitative estimate of drug-likeness (QED) is 0.403. The van der Waals surface area contributed by atoms with Gasteiger partial charge < -0.3 is 20.4 Å². The zero-order valence-electron chi connectivity index (χ0n) is 17.8. The summed E-state index contributed by atoms with van der Waals surface area (Å²) in [5, 5.41) is 16.1. The second-order valence-corrected chi connectivity index (χ2v) is 7.93. The standard InChI is InChI=1S/C23H27ClN6O/c1-3-6-20-15-29(22(26-16-25)28-21-8-5-4-7-17(21)2)13-14-30(20)23(31)27-19-11-9-18(24)10-12-19/h4-5,7-12,20H,3,6,13-15H2,1-2H3,(H,26,28)(H,27,31). The summed E-state index contributed by atoms with van der Waals surface area (Å²) in [6, 6.07) is 14.8. The molecule has 1 saturated heterocycles. The number of hydrogen-bond donors (Lipinski definition) is 2. The Balaban J connectivity index is 1.72. The number of guanidine groups is 1. The lowest BCUT2D eigenvalue weighted by atomic mass is 10.1. The van der Waals surface area contributed by atoms with E-state index in [4.69, 9.17) is 11.6 Å². The molecular weight excluding hydrogens is 412 g/mol. The lowest BCUT2D eigenvalue weighted by Crippen LogP contribution is -2.58. The van der Waals surface area contributed by atoms with E-state index in [9.17, 15) is 10.1 Å². The minimum Gasteiger partial charge on any atom is -0.338 e. The van der Waals surface area contributed by atoms with Crippen LogP contribution in [-0.4, -0.2) is 47.5 Å². The molecule has 0 saturated carbocycles. The molecule has 162 valence electrons. The van der Waals surface area contributed by atoms with E-state index in [2.05, 4.69) is 22.5 Å². The van der Waals surface area contributed by atoms with Gasteiger partial charge in [-0.2, -0.15) is 5.26 Å². The molecule has 0 radical (unpaired) electrons. The highest BCUT2D eigenvalue weighted by Crippen LogP contribution is 2.20. The van der Waals surface area contributed by atoms with E-state index >= 15 is 0 Å². The fourth-order valence-electron chi connectivity index (χ4n) is 3.68. The highest BCUT2D eigenvalue weighted by atomic mass is 35.5. The molecule has 0 bridgehead atoms. The minimum atomic E-state index is -0.133. The molecule has 1 fully saturated rings. The summed E-state index contributed by atoms with van der Waals surface area (Å²) < 4.78 is 0. The number of amides is 2. The predicted molar refractivity (Wildman–Crippen MR) is 125 cm³/mol. The van der Waals surface area contributed by atoms with Gasteiger partial charge in [0.25, 0.3) is 0 Å². The first-order valence-corrected chi connectivity index (χ1v) is 10.8. The van der Waals surface area contributed by atoms with Gasteiger partial charge in [-0.05, 0) is 49.2 Å². The van der Waals surface area contributed by atoms with Crippen molar-refractivity contribution in [1.82, 2.24) is 9.80 Å². The molecular formula is C23H27ClN6O. The third-order valence-electron chi connectivity index (χ3n) is 5.31. The van der Waals surface area contributed by atoms with Crippen LogP contribution in [0.2, 0.25) is 5.02 Å². The minimum absolute atomic E-state index is 0.00798. The molecule has 31 heavy (non-hydrogen) atoms. The van der Waals surface area contributed by atoms with Gasteiger partial charge in [-0.15, -0.1) is 4.99 Å². The maximum absolute atomic E-state index is 12.9. The fraction of sp³-hybridized carbons (Fsp3) is 0.348. The molecule has 1 heterocycles. The average molecular weight is 439 g/mol. The lowest BCUT2D eigenvalue weighted by Gasteiger charge is -2.42. The Hall–Kier alpha value is -3.24. The fourth-order valence-corrected chi connectivity index (χ4v) is 3.81. The number of aliphatic imine (C=N–C) groups is 1. The zero-order chi connectivity index (χ0) is 22.2. The summed E-state index contributed by atoms with van der Waals surface area (Å²) in [5.41, 5.74) is 2.69. The molecule has 1 aliphatic rings. The van der Waals surface area contributed by atoms with Crippen LogP contribution in [0.25, 0.3) is 0 Å². The Morgan fingerprint density at radius 3 is 2.61 bits per heavy atom. The number of nitrogens with zero attached hydrogens (tertiary/aromatic N) is 4. The van der Waals surface area contributed by atoms with Gasteiger partial charge in [0.15, 0.2) is 0 Å². The van der Waals surface area contributed by atoms with Gasteiger partial charge >= 0.3 is 6.03 Å². The van der Waals surface area contributed by atoms with E-state index in [1.165, 1.54) is 0 Å². The Bertz CT molecular complexity index is 969. The highest BCUT2D eigenvalue weighted by Gasteiger charge is 2.31. The van der Waals surface area contributed by atoms with Crippen molar-refractivity contribution in [3.05, 3.63) is 59.1 Å². The normalized spacial score (nSPS) is 16.6. The Kier molecular flexibility index (Phi) is 7.74. The van der Waals surface area contributed by atoms with Crippen molar-refractivity contribution in [2.45, 2.75) is 32.7 Å². The van der Waals surface area contributed by atoms with Gasteiger partial charge in [0.05, 0.1) is 6.04 Å². The molecule has 8 heteroatoms. The average Bonchev–Trinajstić information content (AvgIpc) is 2.76.